The molecule has 0 fully saturated rings. The van der Waals surface area contributed by atoms with Gasteiger partial charge < -0.3 is 4.74 Å². The van der Waals surface area contributed by atoms with Crippen LogP contribution in [0.2, 0.25) is 0 Å². The second kappa shape index (κ2) is 6.84. The van der Waals surface area contributed by atoms with Gasteiger partial charge in [0.2, 0.25) is 0 Å². The average Bonchev–Trinajstić information content (AvgIpc) is 2.36. The van der Waals surface area contributed by atoms with Crippen LogP contribution >= 0.6 is 0 Å². The summed E-state index contributed by atoms with van der Waals surface area (Å²) in [5, 5.41) is 0. The van der Waals surface area contributed by atoms with Crippen LogP contribution in [0.1, 0.15) is 19.4 Å². The predicted molar refractivity (Wildman–Crippen MR) is 68.8 cm³/mol. The number of hydrogen-bond acceptors (Lipinski definition) is 2. The molecule has 92 valence electrons. The molecule has 0 aliphatic heterocycles. The predicted octanol–water partition coefficient (Wildman–Crippen LogP) is 3.38. The number of hydrogen-bond donors (Lipinski definition) is 0. The molecule has 0 saturated heterocycles. The van der Waals surface area contributed by atoms with Crippen LogP contribution < -0.4 is 0 Å². The van der Waals surface area contributed by atoms with Crippen molar-refractivity contribution in [3.05, 3.63) is 47.0 Å². The first-order chi connectivity index (χ1) is 8.17. The zero-order valence-corrected chi connectivity index (χ0v) is 10.5. The lowest BCUT2D eigenvalue weighted by Gasteiger charge is -2.07. The minimum Gasteiger partial charge on any atom is -0.501 e. The molecular weight excluding hydrogens is 217 g/mol. The standard InChI is InChI=1S/C14H18FNO/c1-4-16-10-13(11(2)17-3)9-12-5-7-14(15)8-6-12/h5-8,10H,4,9H2,1-3H3. The fourth-order valence-corrected chi connectivity index (χ4v) is 1.42. The van der Waals surface area contributed by atoms with Gasteiger partial charge in [-0.25, -0.2) is 4.39 Å². The quantitative estimate of drug-likeness (QED) is 0.566. The van der Waals surface area contributed by atoms with Gasteiger partial charge in [0.05, 0.1) is 12.9 Å². The summed E-state index contributed by atoms with van der Waals surface area (Å²) < 4.78 is 18.0. The Kier molecular flexibility index (Phi) is 5.40. The summed E-state index contributed by atoms with van der Waals surface area (Å²) >= 11 is 0. The van der Waals surface area contributed by atoms with Gasteiger partial charge >= 0.3 is 0 Å². The Hall–Kier alpha value is -1.64. The van der Waals surface area contributed by atoms with Crippen molar-refractivity contribution in [2.45, 2.75) is 20.3 Å². The molecule has 0 atom stereocenters. The van der Waals surface area contributed by atoms with Gasteiger partial charge in [0.25, 0.3) is 0 Å². The molecule has 0 unspecified atom stereocenters. The van der Waals surface area contributed by atoms with Gasteiger partial charge in [-0.2, -0.15) is 0 Å². The van der Waals surface area contributed by atoms with Gasteiger partial charge in [0.15, 0.2) is 0 Å². The average molecular weight is 235 g/mol. The molecule has 0 amide bonds. The Balaban J connectivity index is 2.87. The zero-order valence-electron chi connectivity index (χ0n) is 10.5. The van der Waals surface area contributed by atoms with E-state index in [4.69, 9.17) is 4.74 Å². The highest BCUT2D eigenvalue weighted by Crippen LogP contribution is 2.12. The fourth-order valence-electron chi connectivity index (χ4n) is 1.42. The minimum absolute atomic E-state index is 0.218. The maximum Gasteiger partial charge on any atom is 0.123 e. The van der Waals surface area contributed by atoms with E-state index in [1.807, 2.05) is 20.1 Å². The van der Waals surface area contributed by atoms with E-state index in [2.05, 4.69) is 4.99 Å². The smallest absolute Gasteiger partial charge is 0.123 e. The van der Waals surface area contributed by atoms with Crippen molar-refractivity contribution in [2.75, 3.05) is 13.7 Å². The molecule has 3 heteroatoms. The number of allylic oxidation sites excluding steroid dienone is 2. The number of ether oxygens (including phenoxy) is 1. The van der Waals surface area contributed by atoms with Gasteiger partial charge in [-0.1, -0.05) is 12.1 Å². The lowest BCUT2D eigenvalue weighted by Crippen LogP contribution is -1.98. The van der Waals surface area contributed by atoms with Crippen LogP contribution in [0, 0.1) is 5.82 Å². The van der Waals surface area contributed by atoms with E-state index in [1.54, 1.807) is 19.2 Å². The Morgan fingerprint density at radius 3 is 2.53 bits per heavy atom. The zero-order chi connectivity index (χ0) is 12.7. The summed E-state index contributed by atoms with van der Waals surface area (Å²) in [4.78, 5) is 4.22. The lowest BCUT2D eigenvalue weighted by molar-refractivity contribution is 0.290. The highest BCUT2D eigenvalue weighted by molar-refractivity contribution is 5.79. The van der Waals surface area contributed by atoms with E-state index < -0.39 is 0 Å². The molecule has 0 saturated carbocycles. The molecule has 17 heavy (non-hydrogen) atoms. The Labute approximate surface area is 102 Å². The molecule has 1 aromatic carbocycles. The molecular formula is C14H18FNO. The lowest BCUT2D eigenvalue weighted by atomic mass is 10.1. The van der Waals surface area contributed by atoms with E-state index in [9.17, 15) is 4.39 Å². The van der Waals surface area contributed by atoms with Crippen molar-refractivity contribution in [3.63, 3.8) is 0 Å². The van der Waals surface area contributed by atoms with Crippen LogP contribution in [0.4, 0.5) is 4.39 Å². The Bertz CT molecular complexity index is 407. The molecule has 2 nitrogen and oxygen atoms in total. The van der Waals surface area contributed by atoms with Crippen molar-refractivity contribution in [3.8, 4) is 0 Å². The van der Waals surface area contributed by atoms with Crippen LogP contribution in [-0.4, -0.2) is 19.9 Å². The highest BCUT2D eigenvalue weighted by Gasteiger charge is 2.03. The minimum atomic E-state index is -0.218. The first kappa shape index (κ1) is 13.4. The SMILES string of the molecule is CCN=CC(Cc1ccc(F)cc1)=C(C)OC. The Morgan fingerprint density at radius 1 is 1.35 bits per heavy atom. The number of halogens is 1. The van der Waals surface area contributed by atoms with Crippen molar-refractivity contribution in [1.82, 2.24) is 0 Å². The van der Waals surface area contributed by atoms with Crippen LogP contribution in [0.3, 0.4) is 0 Å². The van der Waals surface area contributed by atoms with Gasteiger partial charge in [-0.3, -0.25) is 4.99 Å². The van der Waals surface area contributed by atoms with Gasteiger partial charge in [-0.15, -0.1) is 0 Å². The van der Waals surface area contributed by atoms with E-state index in [1.165, 1.54) is 12.1 Å². The number of nitrogens with zero attached hydrogens (tertiary/aromatic N) is 1. The molecule has 0 bridgehead atoms. The molecule has 1 aromatic rings. The molecule has 0 N–H and O–H groups in total. The van der Waals surface area contributed by atoms with Crippen molar-refractivity contribution in [1.29, 1.82) is 0 Å². The number of methoxy groups -OCH3 is 1. The Morgan fingerprint density at radius 2 is 2.00 bits per heavy atom. The van der Waals surface area contributed by atoms with E-state index in [-0.39, 0.29) is 5.82 Å². The maximum atomic E-state index is 12.8. The third kappa shape index (κ3) is 4.39. The van der Waals surface area contributed by atoms with E-state index >= 15 is 0 Å². The normalized spacial score (nSPS) is 12.7. The molecule has 0 aliphatic carbocycles. The summed E-state index contributed by atoms with van der Waals surface area (Å²) in [6.45, 7) is 4.62. The van der Waals surface area contributed by atoms with Crippen molar-refractivity contribution < 1.29 is 9.13 Å². The first-order valence-corrected chi connectivity index (χ1v) is 5.65. The summed E-state index contributed by atoms with van der Waals surface area (Å²) in [6, 6.07) is 6.48. The van der Waals surface area contributed by atoms with Crippen molar-refractivity contribution in [2.24, 2.45) is 4.99 Å². The second-order valence-corrected chi connectivity index (χ2v) is 3.72. The molecule has 0 aromatic heterocycles. The highest BCUT2D eigenvalue weighted by atomic mass is 19.1. The van der Waals surface area contributed by atoms with E-state index in [0.717, 1.165) is 23.4 Å². The van der Waals surface area contributed by atoms with Gasteiger partial charge in [-0.05, 0) is 31.5 Å². The monoisotopic (exact) mass is 235 g/mol. The fraction of sp³-hybridized carbons (Fsp3) is 0.357. The number of rotatable bonds is 5. The van der Waals surface area contributed by atoms with Crippen LogP contribution in [0.5, 0.6) is 0 Å². The topological polar surface area (TPSA) is 21.6 Å². The number of aliphatic imine (C=N–C) groups is 1. The summed E-state index contributed by atoms with van der Waals surface area (Å²) in [5.41, 5.74) is 2.06. The van der Waals surface area contributed by atoms with Crippen LogP contribution in [0.15, 0.2) is 40.6 Å². The summed E-state index contributed by atoms with van der Waals surface area (Å²) in [6.07, 6.45) is 2.52. The van der Waals surface area contributed by atoms with Gasteiger partial charge in [0, 0.05) is 24.8 Å². The molecule has 0 radical (unpaired) electrons. The van der Waals surface area contributed by atoms with Gasteiger partial charge in [0.1, 0.15) is 5.82 Å². The van der Waals surface area contributed by atoms with E-state index in [0.29, 0.717) is 6.42 Å². The maximum absolute atomic E-state index is 12.8. The first-order valence-electron chi connectivity index (χ1n) is 5.65. The number of benzene rings is 1. The van der Waals surface area contributed by atoms with Crippen LogP contribution in [0.25, 0.3) is 0 Å². The largest absolute Gasteiger partial charge is 0.501 e. The molecule has 0 spiro atoms. The third-order valence-corrected chi connectivity index (χ3v) is 2.50. The van der Waals surface area contributed by atoms with Crippen LogP contribution in [-0.2, 0) is 11.2 Å². The second-order valence-electron chi connectivity index (χ2n) is 3.72. The third-order valence-electron chi connectivity index (χ3n) is 2.50. The summed E-state index contributed by atoms with van der Waals surface area (Å²) in [5.74, 6) is 0.622. The molecule has 1 rings (SSSR count). The van der Waals surface area contributed by atoms with Crippen molar-refractivity contribution >= 4 is 6.21 Å². The summed E-state index contributed by atoms with van der Waals surface area (Å²) in [7, 11) is 1.64. The molecule has 0 heterocycles. The molecule has 0 aliphatic rings.